The number of aliphatic imine (C=N–C) groups is 1. The second-order valence-electron chi connectivity index (χ2n) is 10.5. The number of ether oxygens (including phenoxy) is 1. The average molecular weight is 657 g/mol. The molecule has 0 saturated carbocycles. The fourth-order valence-corrected chi connectivity index (χ4v) is 5.80. The summed E-state index contributed by atoms with van der Waals surface area (Å²) in [6.07, 6.45) is -2.35. The van der Waals surface area contributed by atoms with Crippen LogP contribution in [0, 0.1) is 6.92 Å². The quantitative estimate of drug-likeness (QED) is 0.209. The molecule has 0 radical (unpaired) electrons. The van der Waals surface area contributed by atoms with E-state index in [-0.39, 0.29) is 23.3 Å². The number of thioether (sulfide) groups is 1. The zero-order valence-corrected chi connectivity index (χ0v) is 26.0. The highest BCUT2D eigenvalue weighted by atomic mass is 35.5. The summed E-state index contributed by atoms with van der Waals surface area (Å²) < 4.78 is 42.5. The number of nitrogens with one attached hydrogen (secondary N) is 1. The number of alkyl halides is 3. The number of hydrogen-bond acceptors (Lipinski definition) is 6. The predicted molar refractivity (Wildman–Crippen MR) is 169 cm³/mol. The molecule has 1 aromatic heterocycles. The molecule has 4 aromatic rings. The number of carbonyl (C=O) groups excluding carboxylic acids is 2. The maximum atomic E-state index is 12.9. The number of anilines is 2. The smallest absolute Gasteiger partial charge is 0.406 e. The number of nitrogens with zero attached hydrogens (tertiary/aromatic N) is 5. The second kappa shape index (κ2) is 13.3. The Kier molecular flexibility index (Phi) is 9.49. The fraction of sp³-hybridized carbons (Fsp3) is 0.258. The SMILES string of the molecule is Cc1ccc(C(C)C)c(N2C(=O)CSC2=NC(=O)Nc2ccc(CCc3ncn(-c4ccc(OC(F)(F)F)cc4)n3)c(Cl)c2)c1. The van der Waals surface area contributed by atoms with E-state index in [0.29, 0.717) is 40.2 Å². The Morgan fingerprint density at radius 2 is 1.87 bits per heavy atom. The molecule has 1 saturated heterocycles. The number of carbonyl (C=O) groups is 2. The highest BCUT2D eigenvalue weighted by Gasteiger charge is 2.33. The first-order valence-electron chi connectivity index (χ1n) is 13.9. The summed E-state index contributed by atoms with van der Waals surface area (Å²) in [7, 11) is 0. The summed E-state index contributed by atoms with van der Waals surface area (Å²) in [5, 5.41) is 7.84. The van der Waals surface area contributed by atoms with E-state index in [0.717, 1.165) is 22.4 Å². The van der Waals surface area contributed by atoms with Gasteiger partial charge in [-0.3, -0.25) is 9.69 Å². The van der Waals surface area contributed by atoms with Crippen LogP contribution in [0.2, 0.25) is 5.02 Å². The van der Waals surface area contributed by atoms with E-state index in [1.807, 2.05) is 39.0 Å². The van der Waals surface area contributed by atoms with Gasteiger partial charge in [0.05, 0.1) is 17.1 Å². The van der Waals surface area contributed by atoms with Crippen molar-refractivity contribution in [3.63, 3.8) is 0 Å². The van der Waals surface area contributed by atoms with Gasteiger partial charge in [-0.1, -0.05) is 55.4 Å². The van der Waals surface area contributed by atoms with Crippen molar-refractivity contribution in [1.82, 2.24) is 14.8 Å². The fourth-order valence-electron chi connectivity index (χ4n) is 4.67. The Morgan fingerprint density at radius 3 is 2.56 bits per heavy atom. The molecule has 0 unspecified atom stereocenters. The molecule has 0 atom stereocenters. The molecular weight excluding hydrogens is 629 g/mol. The molecule has 0 bridgehead atoms. The van der Waals surface area contributed by atoms with Crippen molar-refractivity contribution >= 4 is 51.8 Å². The second-order valence-corrected chi connectivity index (χ2v) is 11.9. The van der Waals surface area contributed by atoms with Gasteiger partial charge in [0.25, 0.3) is 0 Å². The van der Waals surface area contributed by atoms with Crippen LogP contribution in [-0.2, 0) is 17.6 Å². The van der Waals surface area contributed by atoms with Gasteiger partial charge in [-0.15, -0.1) is 13.2 Å². The standard InChI is InChI=1S/C31H28ClF3N6O3S/c1-18(2)24-12-4-19(3)14-26(24)41-28(42)16-45-30(41)38-29(43)37-21-7-5-20(25(32)15-21)6-13-27-36-17-40(39-27)22-8-10-23(11-9-22)44-31(33,34)35/h4-5,7-12,14-15,17-18H,6,13,16H2,1-3H3,(H,37,43). The van der Waals surface area contributed by atoms with Gasteiger partial charge in [-0.2, -0.15) is 10.1 Å². The van der Waals surface area contributed by atoms with E-state index >= 15 is 0 Å². The van der Waals surface area contributed by atoms with Crippen molar-refractivity contribution < 1.29 is 27.5 Å². The molecule has 5 rings (SSSR count). The van der Waals surface area contributed by atoms with Gasteiger partial charge in [-0.25, -0.2) is 14.5 Å². The molecule has 234 valence electrons. The summed E-state index contributed by atoms with van der Waals surface area (Å²) in [6, 6.07) is 15.7. The van der Waals surface area contributed by atoms with Gasteiger partial charge in [0.2, 0.25) is 5.91 Å². The van der Waals surface area contributed by atoms with Crippen LogP contribution in [0.5, 0.6) is 5.75 Å². The van der Waals surface area contributed by atoms with E-state index in [1.165, 1.54) is 51.9 Å². The van der Waals surface area contributed by atoms with E-state index in [1.54, 1.807) is 18.2 Å². The summed E-state index contributed by atoms with van der Waals surface area (Å²) in [4.78, 5) is 35.7. The highest BCUT2D eigenvalue weighted by molar-refractivity contribution is 8.15. The Balaban J connectivity index is 1.21. The molecule has 1 aliphatic heterocycles. The highest BCUT2D eigenvalue weighted by Crippen LogP contribution is 2.34. The molecule has 3 aromatic carbocycles. The van der Waals surface area contributed by atoms with Crippen LogP contribution in [0.15, 0.2) is 72.0 Å². The van der Waals surface area contributed by atoms with Gasteiger partial charge in [0, 0.05) is 17.1 Å². The normalized spacial score (nSPS) is 14.4. The maximum absolute atomic E-state index is 12.9. The number of amidine groups is 1. The first kappa shape index (κ1) is 32.0. The number of aryl methyl sites for hydroxylation is 3. The molecule has 3 amide bonds. The summed E-state index contributed by atoms with van der Waals surface area (Å²) in [5.74, 6) is 0.402. The summed E-state index contributed by atoms with van der Waals surface area (Å²) in [5.41, 5.74) is 4.48. The largest absolute Gasteiger partial charge is 0.573 e. The number of urea groups is 1. The number of aromatic nitrogens is 3. The molecule has 1 fully saturated rings. The Labute approximate surface area is 266 Å². The van der Waals surface area contributed by atoms with Crippen LogP contribution in [0.25, 0.3) is 5.69 Å². The molecular formula is C31H28ClF3N6O3S. The zero-order chi connectivity index (χ0) is 32.3. The lowest BCUT2D eigenvalue weighted by Crippen LogP contribution is -2.31. The first-order chi connectivity index (χ1) is 21.4. The molecule has 14 heteroatoms. The number of amides is 3. The first-order valence-corrected chi connectivity index (χ1v) is 15.2. The molecule has 2 heterocycles. The third-order valence-electron chi connectivity index (χ3n) is 6.81. The van der Waals surface area contributed by atoms with Crippen LogP contribution in [0.3, 0.4) is 0 Å². The van der Waals surface area contributed by atoms with Crippen LogP contribution in [0.4, 0.5) is 29.3 Å². The van der Waals surface area contributed by atoms with E-state index in [2.05, 4.69) is 25.1 Å². The molecule has 1 N–H and O–H groups in total. The van der Waals surface area contributed by atoms with Gasteiger partial charge in [-0.05, 0) is 78.4 Å². The van der Waals surface area contributed by atoms with Crippen molar-refractivity contribution in [1.29, 1.82) is 0 Å². The van der Waals surface area contributed by atoms with Crippen LogP contribution in [-0.4, -0.2) is 44.0 Å². The van der Waals surface area contributed by atoms with Crippen LogP contribution < -0.4 is 15.0 Å². The van der Waals surface area contributed by atoms with E-state index < -0.39 is 12.4 Å². The van der Waals surface area contributed by atoms with Gasteiger partial charge < -0.3 is 10.1 Å². The number of rotatable bonds is 8. The Morgan fingerprint density at radius 1 is 1.11 bits per heavy atom. The van der Waals surface area contributed by atoms with E-state index in [9.17, 15) is 22.8 Å². The Bertz CT molecular complexity index is 1760. The van der Waals surface area contributed by atoms with Gasteiger partial charge >= 0.3 is 12.4 Å². The van der Waals surface area contributed by atoms with Crippen LogP contribution in [0.1, 0.15) is 42.3 Å². The number of benzene rings is 3. The molecule has 0 spiro atoms. The topological polar surface area (TPSA) is 102 Å². The van der Waals surface area contributed by atoms with Crippen molar-refractivity contribution in [3.05, 3.63) is 94.5 Å². The monoisotopic (exact) mass is 656 g/mol. The lowest BCUT2D eigenvalue weighted by atomic mass is 9.99. The third kappa shape index (κ3) is 8.03. The molecule has 1 aliphatic rings. The zero-order valence-electron chi connectivity index (χ0n) is 24.4. The van der Waals surface area contributed by atoms with Crippen molar-refractivity contribution in [2.45, 2.75) is 45.9 Å². The average Bonchev–Trinajstić information content (AvgIpc) is 3.58. The van der Waals surface area contributed by atoms with Crippen molar-refractivity contribution in [2.75, 3.05) is 16.0 Å². The van der Waals surface area contributed by atoms with E-state index in [4.69, 9.17) is 11.6 Å². The number of hydrogen-bond donors (Lipinski definition) is 1. The van der Waals surface area contributed by atoms with Crippen molar-refractivity contribution in [2.24, 2.45) is 4.99 Å². The molecule has 0 aliphatic carbocycles. The maximum Gasteiger partial charge on any atom is 0.573 e. The molecule has 9 nitrogen and oxygen atoms in total. The van der Waals surface area contributed by atoms with Crippen LogP contribution >= 0.6 is 23.4 Å². The third-order valence-corrected chi connectivity index (χ3v) is 8.08. The minimum absolute atomic E-state index is 0.140. The number of halogens is 4. The predicted octanol–water partition coefficient (Wildman–Crippen LogP) is 7.70. The van der Waals surface area contributed by atoms with Gasteiger partial charge in [0.15, 0.2) is 11.0 Å². The minimum atomic E-state index is -4.76. The summed E-state index contributed by atoms with van der Waals surface area (Å²) >= 11 is 7.72. The lowest BCUT2D eigenvalue weighted by molar-refractivity contribution is -0.274. The van der Waals surface area contributed by atoms with Crippen molar-refractivity contribution in [3.8, 4) is 11.4 Å². The Hall–Kier alpha value is -4.36. The molecule has 45 heavy (non-hydrogen) atoms. The summed E-state index contributed by atoms with van der Waals surface area (Å²) in [6.45, 7) is 6.04. The van der Waals surface area contributed by atoms with Gasteiger partial charge in [0.1, 0.15) is 12.1 Å². The minimum Gasteiger partial charge on any atom is -0.406 e. The lowest BCUT2D eigenvalue weighted by Gasteiger charge is -2.22.